The third-order valence-corrected chi connectivity index (χ3v) is 7.04. The Bertz CT molecular complexity index is 1270. The molecular formula is C25H24ClN3O2S. The van der Waals surface area contributed by atoms with Crippen molar-refractivity contribution in [1.82, 2.24) is 9.97 Å². The first kappa shape index (κ1) is 21.2. The molecule has 0 spiro atoms. The van der Waals surface area contributed by atoms with Crippen molar-refractivity contribution in [3.05, 3.63) is 53.6 Å². The van der Waals surface area contributed by atoms with Crippen molar-refractivity contribution in [2.24, 2.45) is 0 Å². The number of hydrogen-bond donors (Lipinski definition) is 0. The van der Waals surface area contributed by atoms with Gasteiger partial charge in [-0.25, -0.2) is 9.97 Å². The zero-order chi connectivity index (χ0) is 22.1. The molecule has 1 saturated heterocycles. The van der Waals surface area contributed by atoms with Crippen LogP contribution in [0.2, 0.25) is 5.02 Å². The summed E-state index contributed by atoms with van der Waals surface area (Å²) in [5.41, 5.74) is 1.58. The van der Waals surface area contributed by atoms with Gasteiger partial charge in [-0.15, -0.1) is 0 Å². The largest absolute Gasteiger partial charge is 0.493 e. The van der Waals surface area contributed by atoms with E-state index in [0.29, 0.717) is 11.5 Å². The number of methoxy groups -OCH3 is 2. The van der Waals surface area contributed by atoms with Gasteiger partial charge in [-0.05, 0) is 67.8 Å². The number of hydrogen-bond acceptors (Lipinski definition) is 6. The number of nitrogens with zero attached hydrogens (tertiary/aromatic N) is 3. The molecule has 1 fully saturated rings. The Morgan fingerprint density at radius 2 is 1.69 bits per heavy atom. The van der Waals surface area contributed by atoms with Gasteiger partial charge in [0.25, 0.3) is 0 Å². The number of ether oxygens (including phenoxy) is 2. The van der Waals surface area contributed by atoms with E-state index in [9.17, 15) is 0 Å². The highest BCUT2D eigenvalue weighted by molar-refractivity contribution is 7.99. The van der Waals surface area contributed by atoms with Crippen molar-refractivity contribution in [3.63, 3.8) is 0 Å². The number of pyridine rings is 2. The summed E-state index contributed by atoms with van der Waals surface area (Å²) < 4.78 is 11.1. The molecule has 0 radical (unpaired) electrons. The quantitative estimate of drug-likeness (QED) is 0.309. The molecule has 3 heterocycles. The molecule has 0 saturated carbocycles. The van der Waals surface area contributed by atoms with E-state index in [1.54, 1.807) is 26.0 Å². The normalized spacial score (nSPS) is 14.2. The molecule has 0 unspecified atom stereocenters. The van der Waals surface area contributed by atoms with Gasteiger partial charge in [0.15, 0.2) is 17.1 Å². The van der Waals surface area contributed by atoms with Gasteiger partial charge < -0.3 is 14.4 Å². The maximum atomic E-state index is 6.09. The number of benzene rings is 2. The van der Waals surface area contributed by atoms with Crippen LogP contribution < -0.4 is 14.4 Å². The zero-order valence-electron chi connectivity index (χ0n) is 18.1. The van der Waals surface area contributed by atoms with E-state index in [0.717, 1.165) is 55.7 Å². The van der Waals surface area contributed by atoms with Crippen LogP contribution >= 0.6 is 23.4 Å². The highest BCUT2D eigenvalue weighted by Gasteiger charge is 2.20. The smallest absolute Gasteiger partial charge is 0.170 e. The Balaban J connectivity index is 1.68. The average Bonchev–Trinajstić information content (AvgIpc) is 2.83. The fourth-order valence-electron chi connectivity index (χ4n) is 4.17. The molecular weight excluding hydrogens is 442 g/mol. The molecule has 7 heteroatoms. The van der Waals surface area contributed by atoms with Crippen molar-refractivity contribution in [1.29, 1.82) is 0 Å². The first-order valence-corrected chi connectivity index (χ1v) is 11.9. The molecule has 164 valence electrons. The lowest BCUT2D eigenvalue weighted by Crippen LogP contribution is -2.30. The fourth-order valence-corrected chi connectivity index (χ4v) is 5.27. The Labute approximate surface area is 196 Å². The molecule has 0 N–H and O–H groups in total. The molecule has 2 aromatic carbocycles. The van der Waals surface area contributed by atoms with E-state index in [1.807, 2.05) is 36.4 Å². The minimum Gasteiger partial charge on any atom is -0.493 e. The summed E-state index contributed by atoms with van der Waals surface area (Å²) in [6, 6.07) is 16.1. The van der Waals surface area contributed by atoms with Crippen LogP contribution in [0.5, 0.6) is 11.5 Å². The molecule has 32 heavy (non-hydrogen) atoms. The van der Waals surface area contributed by atoms with Crippen LogP contribution in [0.3, 0.4) is 0 Å². The topological polar surface area (TPSA) is 47.5 Å². The molecule has 2 aromatic heterocycles. The second-order valence-corrected chi connectivity index (χ2v) is 9.37. The summed E-state index contributed by atoms with van der Waals surface area (Å²) in [6.07, 6.45) is 3.65. The lowest BCUT2D eigenvalue weighted by Gasteiger charge is -2.29. The fraction of sp³-hybridized carbons (Fsp3) is 0.280. The zero-order valence-corrected chi connectivity index (χ0v) is 19.7. The lowest BCUT2D eigenvalue weighted by molar-refractivity contribution is 0.358. The molecule has 1 aliphatic rings. The number of halogens is 1. The van der Waals surface area contributed by atoms with Crippen molar-refractivity contribution < 1.29 is 9.47 Å². The number of anilines is 1. The highest BCUT2D eigenvalue weighted by atomic mass is 35.5. The van der Waals surface area contributed by atoms with Gasteiger partial charge in [0.1, 0.15) is 5.82 Å². The van der Waals surface area contributed by atoms with Crippen LogP contribution in [-0.4, -0.2) is 37.3 Å². The maximum absolute atomic E-state index is 6.09. The highest BCUT2D eigenvalue weighted by Crippen LogP contribution is 2.40. The van der Waals surface area contributed by atoms with Gasteiger partial charge in [-0.2, -0.15) is 0 Å². The van der Waals surface area contributed by atoms with Gasteiger partial charge in [0.2, 0.25) is 0 Å². The standard InChI is InChI=1S/C25H24ClN3O2S/c1-30-21-11-10-20-19(23(21)31-2)14-16-15-22(32-18-8-6-17(26)7-9-18)25(28-24(16)27-20)29-12-4-3-5-13-29/h6-11,14-15H,3-5,12-13H2,1-2H3. The minimum atomic E-state index is 0.686. The van der Waals surface area contributed by atoms with Gasteiger partial charge in [0, 0.05) is 33.8 Å². The van der Waals surface area contributed by atoms with Gasteiger partial charge in [-0.1, -0.05) is 23.4 Å². The molecule has 0 bridgehead atoms. The number of fused-ring (bicyclic) bond motifs is 2. The predicted molar refractivity (Wildman–Crippen MR) is 132 cm³/mol. The van der Waals surface area contributed by atoms with Crippen LogP contribution in [0.1, 0.15) is 19.3 Å². The lowest BCUT2D eigenvalue weighted by atomic mass is 10.1. The Hall–Kier alpha value is -2.70. The van der Waals surface area contributed by atoms with Crippen LogP contribution in [0.15, 0.2) is 58.3 Å². The SMILES string of the molecule is COc1ccc2nc3nc(N4CCCCC4)c(Sc4ccc(Cl)cc4)cc3cc2c1OC. The van der Waals surface area contributed by atoms with Gasteiger partial charge in [-0.3, -0.25) is 0 Å². The third kappa shape index (κ3) is 4.05. The second kappa shape index (κ2) is 9.04. The summed E-state index contributed by atoms with van der Waals surface area (Å²) >= 11 is 7.80. The first-order chi connectivity index (χ1) is 15.7. The molecule has 5 nitrogen and oxygen atoms in total. The second-order valence-electron chi connectivity index (χ2n) is 7.82. The molecule has 1 aliphatic heterocycles. The summed E-state index contributed by atoms with van der Waals surface area (Å²) in [5.74, 6) is 2.38. The van der Waals surface area contributed by atoms with Crippen LogP contribution in [0, 0.1) is 0 Å². The van der Waals surface area contributed by atoms with E-state index in [1.165, 1.54) is 19.3 Å². The van der Waals surface area contributed by atoms with Crippen LogP contribution in [0.25, 0.3) is 21.9 Å². The molecule has 4 aromatic rings. The van der Waals surface area contributed by atoms with Crippen LogP contribution in [-0.2, 0) is 0 Å². The summed E-state index contributed by atoms with van der Waals surface area (Å²) in [5, 5.41) is 2.62. The average molecular weight is 466 g/mol. The molecule has 0 amide bonds. The van der Waals surface area contributed by atoms with Gasteiger partial charge in [0.05, 0.1) is 24.6 Å². The Morgan fingerprint density at radius 3 is 2.41 bits per heavy atom. The van der Waals surface area contributed by atoms with Crippen molar-refractivity contribution >= 4 is 51.1 Å². The number of rotatable bonds is 5. The summed E-state index contributed by atoms with van der Waals surface area (Å²) in [6.45, 7) is 2.04. The molecule has 5 rings (SSSR count). The Morgan fingerprint density at radius 1 is 0.906 bits per heavy atom. The third-order valence-electron chi connectivity index (χ3n) is 5.76. The van der Waals surface area contributed by atoms with E-state index in [-0.39, 0.29) is 0 Å². The van der Waals surface area contributed by atoms with Crippen molar-refractivity contribution in [3.8, 4) is 11.5 Å². The number of aromatic nitrogens is 2. The van der Waals surface area contributed by atoms with Crippen molar-refractivity contribution in [2.45, 2.75) is 29.1 Å². The predicted octanol–water partition coefficient (Wildman–Crippen LogP) is 6.60. The van der Waals surface area contributed by atoms with E-state index >= 15 is 0 Å². The monoisotopic (exact) mass is 465 g/mol. The van der Waals surface area contributed by atoms with Crippen LogP contribution in [0.4, 0.5) is 5.82 Å². The summed E-state index contributed by atoms with van der Waals surface area (Å²) in [4.78, 5) is 14.6. The Kier molecular flexibility index (Phi) is 5.98. The molecule has 0 atom stereocenters. The summed E-state index contributed by atoms with van der Waals surface area (Å²) in [7, 11) is 3.30. The van der Waals surface area contributed by atoms with E-state index in [4.69, 9.17) is 31.0 Å². The molecule has 0 aliphatic carbocycles. The maximum Gasteiger partial charge on any atom is 0.170 e. The first-order valence-electron chi connectivity index (χ1n) is 10.7. The number of piperidine rings is 1. The van der Waals surface area contributed by atoms with E-state index in [2.05, 4.69) is 17.0 Å². The van der Waals surface area contributed by atoms with Gasteiger partial charge >= 0.3 is 0 Å². The van der Waals surface area contributed by atoms with Crippen molar-refractivity contribution in [2.75, 3.05) is 32.2 Å². The van der Waals surface area contributed by atoms with E-state index < -0.39 is 0 Å². The minimum absolute atomic E-state index is 0.686.